The average Bonchev–Trinajstić information content (AvgIpc) is 2.44. The van der Waals surface area contributed by atoms with Crippen LogP contribution >= 0.6 is 72.6 Å². The molecule has 0 bridgehead atoms. The van der Waals surface area contributed by atoms with Gasteiger partial charge in [0.1, 0.15) is 5.75 Å². The molecule has 1 aliphatic heterocycles. The van der Waals surface area contributed by atoms with Gasteiger partial charge in [-0.15, -0.1) is 31.4 Å². The third kappa shape index (κ3) is 5.87. The monoisotopic (exact) mass is 552 g/mol. The van der Waals surface area contributed by atoms with Gasteiger partial charge >= 0.3 is 0 Å². The molecule has 1 aromatic rings. The van der Waals surface area contributed by atoms with Crippen molar-refractivity contribution in [2.45, 2.75) is 19.4 Å². The van der Waals surface area contributed by atoms with Gasteiger partial charge in [-0.1, -0.05) is 21.5 Å². The maximum Gasteiger partial charge on any atom is 0.144 e. The molecule has 3 nitrogen and oxygen atoms in total. The summed E-state index contributed by atoms with van der Waals surface area (Å²) < 4.78 is 2.41. The Morgan fingerprint density at radius 3 is 2.35 bits per heavy atom. The number of phenolic OH excluding ortho intramolecular Hbond substituents is 1. The zero-order valence-corrected chi connectivity index (χ0v) is 19.1. The minimum absolute atomic E-state index is 0. The van der Waals surface area contributed by atoms with E-state index >= 15 is 0 Å². The van der Waals surface area contributed by atoms with Gasteiger partial charge < -0.3 is 10.4 Å². The van der Waals surface area contributed by atoms with Crippen LogP contribution in [-0.4, -0.2) is 36.2 Å². The molecule has 2 rings (SSSR count). The fourth-order valence-electron chi connectivity index (χ4n) is 2.64. The van der Waals surface area contributed by atoms with Crippen LogP contribution < -0.4 is 5.32 Å². The molecule has 8 heteroatoms. The molecular formula is C15H21Br3Cl2N2O. The zero-order chi connectivity index (χ0) is 15.6. The van der Waals surface area contributed by atoms with Gasteiger partial charge in [-0.25, -0.2) is 0 Å². The topological polar surface area (TPSA) is 35.5 Å². The summed E-state index contributed by atoms with van der Waals surface area (Å²) in [6.45, 7) is 10.1. The number of piperazine rings is 1. The van der Waals surface area contributed by atoms with Gasteiger partial charge in [0, 0.05) is 42.3 Å². The Morgan fingerprint density at radius 2 is 1.83 bits per heavy atom. The van der Waals surface area contributed by atoms with Crippen LogP contribution in [0.4, 0.5) is 0 Å². The molecule has 1 aromatic carbocycles. The molecule has 0 unspecified atom stereocenters. The van der Waals surface area contributed by atoms with Gasteiger partial charge in [-0.3, -0.25) is 4.90 Å². The van der Waals surface area contributed by atoms with Crippen molar-refractivity contribution in [1.82, 2.24) is 10.2 Å². The lowest BCUT2D eigenvalue weighted by Gasteiger charge is -2.36. The van der Waals surface area contributed by atoms with Crippen molar-refractivity contribution in [3.63, 3.8) is 0 Å². The highest BCUT2D eigenvalue weighted by molar-refractivity contribution is 9.11. The van der Waals surface area contributed by atoms with Crippen molar-refractivity contribution in [2.24, 2.45) is 0 Å². The van der Waals surface area contributed by atoms with Crippen molar-refractivity contribution in [3.05, 3.63) is 37.2 Å². The number of halogens is 5. The van der Waals surface area contributed by atoms with Gasteiger partial charge in [0.2, 0.25) is 0 Å². The first kappa shape index (κ1) is 23.7. The summed E-state index contributed by atoms with van der Waals surface area (Å²) in [4.78, 5) is 2.45. The van der Waals surface area contributed by atoms with Crippen molar-refractivity contribution < 1.29 is 5.11 Å². The molecule has 1 atom stereocenters. The van der Waals surface area contributed by atoms with Crippen LogP contribution in [0.5, 0.6) is 5.75 Å². The summed E-state index contributed by atoms with van der Waals surface area (Å²) in [5.74, 6) is 0.245. The molecular weight excluding hydrogens is 535 g/mol. The highest BCUT2D eigenvalue weighted by Gasteiger charge is 2.27. The summed E-state index contributed by atoms with van der Waals surface area (Å²) in [7, 11) is 0. The van der Waals surface area contributed by atoms with E-state index in [4.69, 9.17) is 0 Å². The molecule has 1 aliphatic rings. The summed E-state index contributed by atoms with van der Waals surface area (Å²) in [5, 5.41) is 13.6. The van der Waals surface area contributed by atoms with Crippen LogP contribution in [0.2, 0.25) is 0 Å². The lowest BCUT2D eigenvalue weighted by Crippen LogP contribution is -2.45. The van der Waals surface area contributed by atoms with Crippen molar-refractivity contribution >= 4 is 72.6 Å². The quantitative estimate of drug-likeness (QED) is 0.486. The van der Waals surface area contributed by atoms with E-state index < -0.39 is 0 Å². The Morgan fingerprint density at radius 1 is 1.26 bits per heavy atom. The van der Waals surface area contributed by atoms with Gasteiger partial charge in [0.25, 0.3) is 0 Å². The largest absolute Gasteiger partial charge is 0.506 e. The lowest BCUT2D eigenvalue weighted by atomic mass is 9.97. The summed E-state index contributed by atoms with van der Waals surface area (Å²) in [6.07, 6.45) is 0.873. The van der Waals surface area contributed by atoms with E-state index in [2.05, 4.69) is 71.5 Å². The standard InChI is InChI=1S/C15H19Br3N2O.2ClH/c1-9(2)7-12(20-5-3-19-4-6-20)13-10(16)8-11(17)15(21)14(13)18;;/h8,12,19,21H,1,3-7H2,2H3;2*1H/t12-;;/m1../s1. The Bertz CT molecular complexity index is 552. The Kier molecular flexibility index (Phi) is 11.0. The lowest BCUT2D eigenvalue weighted by molar-refractivity contribution is 0.171. The van der Waals surface area contributed by atoms with Crippen LogP contribution in [0.1, 0.15) is 24.9 Å². The number of nitrogens with one attached hydrogen (secondary N) is 1. The average molecular weight is 556 g/mol. The second kappa shape index (κ2) is 10.6. The number of hydrogen-bond donors (Lipinski definition) is 2. The summed E-state index contributed by atoms with van der Waals surface area (Å²) in [5.41, 5.74) is 2.22. The van der Waals surface area contributed by atoms with Crippen LogP contribution in [0, 0.1) is 0 Å². The molecule has 0 radical (unpaired) electrons. The van der Waals surface area contributed by atoms with Crippen molar-refractivity contribution in [3.8, 4) is 5.75 Å². The van der Waals surface area contributed by atoms with Gasteiger partial charge in [0.15, 0.2) is 0 Å². The molecule has 1 heterocycles. The molecule has 0 aromatic heterocycles. The highest BCUT2D eigenvalue weighted by atomic mass is 79.9. The molecule has 2 N–H and O–H groups in total. The summed E-state index contributed by atoms with van der Waals surface area (Å²) in [6, 6.07) is 2.11. The minimum Gasteiger partial charge on any atom is -0.506 e. The maximum atomic E-state index is 10.2. The summed E-state index contributed by atoms with van der Waals surface area (Å²) >= 11 is 10.6. The fraction of sp³-hybridized carbons (Fsp3) is 0.467. The maximum absolute atomic E-state index is 10.2. The zero-order valence-electron chi connectivity index (χ0n) is 12.7. The number of phenols is 1. The second-order valence-corrected chi connectivity index (χ2v) is 7.88. The Hall–Kier alpha value is 0.700. The normalized spacial score (nSPS) is 16.2. The first-order valence-electron chi connectivity index (χ1n) is 6.87. The predicted molar refractivity (Wildman–Crippen MR) is 112 cm³/mol. The first-order valence-corrected chi connectivity index (χ1v) is 9.25. The van der Waals surface area contributed by atoms with E-state index in [1.54, 1.807) is 0 Å². The third-order valence-corrected chi connectivity index (χ3v) is 5.71. The number of rotatable bonds is 4. The van der Waals surface area contributed by atoms with E-state index in [1.165, 1.54) is 0 Å². The van der Waals surface area contributed by atoms with Crippen molar-refractivity contribution in [2.75, 3.05) is 26.2 Å². The van der Waals surface area contributed by atoms with E-state index in [-0.39, 0.29) is 36.6 Å². The number of aromatic hydroxyl groups is 1. The van der Waals surface area contributed by atoms with Gasteiger partial charge in [0.05, 0.1) is 8.95 Å². The molecule has 0 saturated carbocycles. The molecule has 1 saturated heterocycles. The Balaban J connectivity index is 0.00000242. The number of nitrogens with zero attached hydrogens (tertiary/aromatic N) is 1. The van der Waals surface area contributed by atoms with E-state index in [1.807, 2.05) is 6.07 Å². The Labute approximate surface area is 175 Å². The number of hydrogen-bond acceptors (Lipinski definition) is 3. The molecule has 0 spiro atoms. The molecule has 23 heavy (non-hydrogen) atoms. The SMILES string of the molecule is C=C(C)C[C@H](c1c(Br)cc(Br)c(O)c1Br)N1CCNCC1.Cl.Cl. The van der Waals surface area contributed by atoms with Gasteiger partial charge in [-0.05, 0) is 51.3 Å². The smallest absolute Gasteiger partial charge is 0.144 e. The van der Waals surface area contributed by atoms with Crippen LogP contribution in [0.3, 0.4) is 0 Å². The third-order valence-electron chi connectivity index (χ3n) is 3.65. The van der Waals surface area contributed by atoms with E-state index in [9.17, 15) is 5.11 Å². The van der Waals surface area contributed by atoms with Crippen LogP contribution in [0.15, 0.2) is 31.6 Å². The van der Waals surface area contributed by atoms with Crippen molar-refractivity contribution in [1.29, 1.82) is 0 Å². The molecule has 132 valence electrons. The van der Waals surface area contributed by atoms with Crippen LogP contribution in [-0.2, 0) is 0 Å². The van der Waals surface area contributed by atoms with Gasteiger partial charge in [-0.2, -0.15) is 0 Å². The molecule has 0 aliphatic carbocycles. The molecule has 0 amide bonds. The minimum atomic E-state index is 0. The van der Waals surface area contributed by atoms with Crippen LogP contribution in [0.25, 0.3) is 0 Å². The number of benzene rings is 1. The molecule has 1 fully saturated rings. The van der Waals surface area contributed by atoms with E-state index in [0.717, 1.165) is 52.7 Å². The first-order chi connectivity index (χ1) is 9.91. The van der Waals surface area contributed by atoms with E-state index in [0.29, 0.717) is 4.47 Å². The fourth-order valence-corrected chi connectivity index (χ4v) is 5.29. The highest BCUT2D eigenvalue weighted by Crippen LogP contribution is 2.45. The second-order valence-electron chi connectivity index (χ2n) is 5.38. The predicted octanol–water partition coefficient (Wildman–Crippen LogP) is 5.44.